The Morgan fingerprint density at radius 3 is 3.10 bits per heavy atom. The Kier molecular flexibility index (Phi) is 3.05. The van der Waals surface area contributed by atoms with Crippen LogP contribution in [0.25, 0.3) is 21.5 Å². The molecule has 0 spiro atoms. The fourth-order valence-electron chi connectivity index (χ4n) is 2.70. The molecule has 0 radical (unpaired) electrons. The average molecular weight is 318 g/mol. The molecule has 0 N–H and O–H groups in total. The van der Waals surface area contributed by atoms with E-state index in [4.69, 9.17) is 11.6 Å². The fourth-order valence-corrected chi connectivity index (χ4v) is 3.73. The molecule has 3 heterocycles. The lowest BCUT2D eigenvalue weighted by Crippen LogP contribution is -1.99. The number of carbonyl (C=O) groups excluding carboxylic acids is 1. The van der Waals surface area contributed by atoms with Gasteiger partial charge in [0, 0.05) is 23.1 Å². The molecule has 1 aliphatic carbocycles. The van der Waals surface area contributed by atoms with Crippen LogP contribution in [0.15, 0.2) is 30.6 Å². The van der Waals surface area contributed by atoms with E-state index in [9.17, 15) is 4.79 Å². The first-order valence-electron chi connectivity index (χ1n) is 6.79. The van der Waals surface area contributed by atoms with Crippen LogP contribution in [0.1, 0.15) is 18.9 Å². The molecule has 1 saturated carbocycles. The van der Waals surface area contributed by atoms with Crippen molar-refractivity contribution >= 4 is 40.3 Å². The van der Waals surface area contributed by atoms with Gasteiger partial charge in [-0.1, -0.05) is 11.6 Å². The van der Waals surface area contributed by atoms with Gasteiger partial charge < -0.3 is 4.79 Å². The van der Waals surface area contributed by atoms with E-state index in [1.807, 2.05) is 23.0 Å². The maximum atomic E-state index is 10.6. The highest BCUT2D eigenvalue weighted by Crippen LogP contribution is 2.46. The van der Waals surface area contributed by atoms with Crippen molar-refractivity contribution in [3.8, 4) is 10.4 Å². The zero-order chi connectivity index (χ0) is 14.4. The smallest absolute Gasteiger partial charge is 0.120 e. The molecule has 0 amide bonds. The molecule has 0 aliphatic heterocycles. The van der Waals surface area contributed by atoms with Crippen molar-refractivity contribution < 1.29 is 4.79 Å². The number of nitrogens with zero attached hydrogens (tertiary/aromatic N) is 3. The van der Waals surface area contributed by atoms with Gasteiger partial charge in [0.1, 0.15) is 11.8 Å². The van der Waals surface area contributed by atoms with Gasteiger partial charge in [0.2, 0.25) is 0 Å². The summed E-state index contributed by atoms with van der Waals surface area (Å²) in [5.41, 5.74) is 2.96. The van der Waals surface area contributed by atoms with Crippen LogP contribution < -0.4 is 0 Å². The molecule has 4 rings (SSSR count). The van der Waals surface area contributed by atoms with Gasteiger partial charge in [0.05, 0.1) is 22.1 Å². The van der Waals surface area contributed by atoms with Gasteiger partial charge >= 0.3 is 0 Å². The van der Waals surface area contributed by atoms with Crippen LogP contribution in [0.4, 0.5) is 0 Å². The van der Waals surface area contributed by atoms with E-state index < -0.39 is 0 Å². The summed E-state index contributed by atoms with van der Waals surface area (Å²) in [7, 11) is 0. The molecule has 1 aliphatic rings. The Labute approximate surface area is 130 Å². The number of rotatable bonds is 4. The summed E-state index contributed by atoms with van der Waals surface area (Å²) in [5.74, 6) is 0.422. The van der Waals surface area contributed by atoms with Gasteiger partial charge in [-0.2, -0.15) is 5.10 Å². The summed E-state index contributed by atoms with van der Waals surface area (Å²) in [6, 6.07) is 6.33. The zero-order valence-corrected chi connectivity index (χ0v) is 12.6. The van der Waals surface area contributed by atoms with Crippen LogP contribution in [0, 0.1) is 5.92 Å². The molecule has 3 aromatic heterocycles. The zero-order valence-electron chi connectivity index (χ0n) is 11.1. The standard InChI is InChI=1S/C15H12ClN3OS/c16-15-2-1-14(21-15)10-6-13-11(17-7-10)8-18-19(13)12-5-9(12)3-4-20/h1-2,4,6-9,12H,3,5H2/t9?,12-/m1/s1. The van der Waals surface area contributed by atoms with Gasteiger partial charge in [-0.15, -0.1) is 11.3 Å². The minimum absolute atomic E-state index is 0.330. The van der Waals surface area contributed by atoms with Crippen molar-refractivity contribution in [3.05, 3.63) is 34.9 Å². The minimum atomic E-state index is 0.330. The van der Waals surface area contributed by atoms with Gasteiger partial charge in [0.25, 0.3) is 0 Å². The third-order valence-electron chi connectivity index (χ3n) is 3.90. The van der Waals surface area contributed by atoms with Crippen molar-refractivity contribution in [1.29, 1.82) is 0 Å². The molecular formula is C15H12ClN3OS. The number of hydrogen-bond acceptors (Lipinski definition) is 4. The molecule has 1 unspecified atom stereocenters. The minimum Gasteiger partial charge on any atom is -0.303 e. The molecule has 21 heavy (non-hydrogen) atoms. The number of fused-ring (bicyclic) bond motifs is 1. The van der Waals surface area contributed by atoms with Crippen LogP contribution in [0.3, 0.4) is 0 Å². The second kappa shape index (κ2) is 4.93. The van der Waals surface area contributed by atoms with E-state index in [0.29, 0.717) is 18.4 Å². The largest absolute Gasteiger partial charge is 0.303 e. The van der Waals surface area contributed by atoms with Crippen molar-refractivity contribution in [2.75, 3.05) is 0 Å². The first kappa shape index (κ1) is 13.0. The van der Waals surface area contributed by atoms with Crippen molar-refractivity contribution in [2.24, 2.45) is 5.92 Å². The van der Waals surface area contributed by atoms with E-state index in [2.05, 4.69) is 16.1 Å². The second-order valence-electron chi connectivity index (χ2n) is 5.29. The number of halogens is 1. The Morgan fingerprint density at radius 2 is 2.33 bits per heavy atom. The molecule has 0 saturated heterocycles. The van der Waals surface area contributed by atoms with Crippen LogP contribution >= 0.6 is 22.9 Å². The van der Waals surface area contributed by atoms with Crippen LogP contribution in [0.2, 0.25) is 4.34 Å². The molecule has 1 fully saturated rings. The number of aldehydes is 1. The van der Waals surface area contributed by atoms with Crippen LogP contribution in [-0.2, 0) is 4.79 Å². The van der Waals surface area contributed by atoms with Crippen LogP contribution in [0.5, 0.6) is 0 Å². The summed E-state index contributed by atoms with van der Waals surface area (Å²) >= 11 is 7.54. The van der Waals surface area contributed by atoms with Crippen molar-refractivity contribution in [1.82, 2.24) is 14.8 Å². The van der Waals surface area contributed by atoms with Crippen molar-refractivity contribution in [2.45, 2.75) is 18.9 Å². The van der Waals surface area contributed by atoms with Gasteiger partial charge in [-0.05, 0) is 30.5 Å². The molecule has 3 aromatic rings. The Morgan fingerprint density at radius 1 is 1.43 bits per heavy atom. The monoisotopic (exact) mass is 317 g/mol. The van der Waals surface area contributed by atoms with Gasteiger partial charge in [-0.25, -0.2) is 0 Å². The first-order valence-corrected chi connectivity index (χ1v) is 7.98. The Hall–Kier alpha value is -1.72. The second-order valence-corrected chi connectivity index (χ2v) is 7.00. The molecule has 6 heteroatoms. The average Bonchev–Trinajstić information content (AvgIpc) is 2.93. The topological polar surface area (TPSA) is 47.8 Å². The predicted octanol–water partition coefficient (Wildman–Crippen LogP) is 3.96. The molecular weight excluding hydrogens is 306 g/mol. The van der Waals surface area contributed by atoms with Gasteiger partial charge in [-0.3, -0.25) is 9.67 Å². The molecule has 0 bridgehead atoms. The molecule has 2 atom stereocenters. The Bertz CT molecular complexity index is 825. The predicted molar refractivity (Wildman–Crippen MR) is 83.7 cm³/mol. The summed E-state index contributed by atoms with van der Waals surface area (Å²) in [4.78, 5) is 16.2. The van der Waals surface area contributed by atoms with E-state index in [0.717, 1.165) is 38.5 Å². The van der Waals surface area contributed by atoms with Crippen LogP contribution in [-0.4, -0.2) is 21.1 Å². The van der Waals surface area contributed by atoms with E-state index in [1.54, 1.807) is 6.20 Å². The molecule has 106 valence electrons. The van der Waals surface area contributed by atoms with Gasteiger partial charge in [0.15, 0.2) is 0 Å². The lowest BCUT2D eigenvalue weighted by atomic mass is 10.2. The molecule has 0 aromatic carbocycles. The summed E-state index contributed by atoms with van der Waals surface area (Å²) in [6.07, 6.45) is 6.26. The van der Waals surface area contributed by atoms with E-state index in [1.165, 1.54) is 11.3 Å². The lowest BCUT2D eigenvalue weighted by molar-refractivity contribution is -0.108. The first-order chi connectivity index (χ1) is 10.3. The summed E-state index contributed by atoms with van der Waals surface area (Å²) in [5, 5.41) is 4.45. The number of carbonyl (C=O) groups is 1. The third-order valence-corrected chi connectivity index (χ3v) is 5.18. The normalized spacial score (nSPS) is 20.8. The molecule has 4 nitrogen and oxygen atoms in total. The highest BCUT2D eigenvalue weighted by molar-refractivity contribution is 7.19. The highest BCUT2D eigenvalue weighted by Gasteiger charge is 2.39. The number of hydrogen-bond donors (Lipinski definition) is 0. The Balaban J connectivity index is 1.75. The van der Waals surface area contributed by atoms with Crippen molar-refractivity contribution in [3.63, 3.8) is 0 Å². The third kappa shape index (κ3) is 2.26. The summed E-state index contributed by atoms with van der Waals surface area (Å²) in [6.45, 7) is 0. The SMILES string of the molecule is O=CCC1C[C@H]1n1ncc2ncc(-c3ccc(Cl)s3)cc21. The quantitative estimate of drug-likeness (QED) is 0.684. The van der Waals surface area contributed by atoms with E-state index >= 15 is 0 Å². The number of pyridine rings is 1. The highest BCUT2D eigenvalue weighted by atomic mass is 35.5. The number of thiophene rings is 1. The fraction of sp³-hybridized carbons (Fsp3) is 0.267. The number of aromatic nitrogens is 3. The van der Waals surface area contributed by atoms with E-state index in [-0.39, 0.29) is 0 Å². The summed E-state index contributed by atoms with van der Waals surface area (Å²) < 4.78 is 2.78. The maximum Gasteiger partial charge on any atom is 0.120 e. The maximum absolute atomic E-state index is 10.6. The lowest BCUT2D eigenvalue weighted by Gasteiger charge is -2.03.